The van der Waals surface area contributed by atoms with Crippen LogP contribution in [0, 0.1) is 6.92 Å². The van der Waals surface area contributed by atoms with E-state index in [1.54, 1.807) is 0 Å². The van der Waals surface area contributed by atoms with Gasteiger partial charge in [0, 0.05) is 23.2 Å². The molecule has 0 radical (unpaired) electrons. The van der Waals surface area contributed by atoms with E-state index in [2.05, 4.69) is 72.5 Å². The summed E-state index contributed by atoms with van der Waals surface area (Å²) >= 11 is 12.5. The van der Waals surface area contributed by atoms with Gasteiger partial charge in [-0.25, -0.2) is 0 Å². The number of aryl methyl sites for hydroxylation is 1. The molecule has 0 aliphatic rings. The van der Waals surface area contributed by atoms with Crippen LogP contribution in [0.3, 0.4) is 0 Å². The van der Waals surface area contributed by atoms with Gasteiger partial charge in [0.2, 0.25) is 0 Å². The number of hydrogen-bond acceptors (Lipinski definition) is 1. The third-order valence-corrected chi connectivity index (χ3v) is 5.77. The number of benzene rings is 3. The van der Waals surface area contributed by atoms with Gasteiger partial charge >= 0.3 is 0 Å². The lowest BCUT2D eigenvalue weighted by atomic mass is 10.1. The van der Waals surface area contributed by atoms with E-state index >= 15 is 0 Å². The first-order valence-electron chi connectivity index (χ1n) is 7.74. The van der Waals surface area contributed by atoms with Crippen molar-refractivity contribution < 1.29 is 0 Å². The molecule has 0 aliphatic heterocycles. The molecular formula is C20H18Cl2NP. The second-order valence-electron chi connectivity index (χ2n) is 5.62. The molecule has 0 aliphatic carbocycles. The van der Waals surface area contributed by atoms with Crippen LogP contribution >= 0.6 is 29.1 Å². The number of rotatable bonds is 5. The number of halogens is 2. The zero-order valence-electron chi connectivity index (χ0n) is 13.4. The van der Waals surface area contributed by atoms with Crippen LogP contribution in [0.1, 0.15) is 11.1 Å². The van der Waals surface area contributed by atoms with Gasteiger partial charge in [0.25, 0.3) is 0 Å². The highest BCUT2D eigenvalue weighted by atomic mass is 35.9. The smallest absolute Gasteiger partial charge is 0.117 e. The Morgan fingerprint density at radius 1 is 0.792 bits per heavy atom. The molecular weight excluding hydrogens is 356 g/mol. The average molecular weight is 374 g/mol. The Morgan fingerprint density at radius 2 is 1.33 bits per heavy atom. The summed E-state index contributed by atoms with van der Waals surface area (Å²) in [6.45, 7) is 1.64. The summed E-state index contributed by atoms with van der Waals surface area (Å²) in [6, 6.07) is 27.0. The van der Waals surface area contributed by atoms with E-state index in [4.69, 9.17) is 22.5 Å². The Balaban J connectivity index is 2.04. The van der Waals surface area contributed by atoms with Crippen molar-refractivity contribution in [3.63, 3.8) is 0 Å². The van der Waals surface area contributed by atoms with E-state index in [0.717, 1.165) is 23.2 Å². The minimum absolute atomic E-state index is 0.726. The summed E-state index contributed by atoms with van der Waals surface area (Å²) in [7, 11) is 0. The first kappa shape index (κ1) is 17.3. The number of nitrogens with zero attached hydrogens (tertiary/aromatic N) is 1. The van der Waals surface area contributed by atoms with Crippen molar-refractivity contribution >= 4 is 45.8 Å². The van der Waals surface area contributed by atoms with Crippen molar-refractivity contribution in [1.82, 2.24) is 0 Å². The van der Waals surface area contributed by atoms with Crippen molar-refractivity contribution in [3.8, 4) is 0 Å². The number of anilines is 2. The predicted octanol–water partition coefficient (Wildman–Crippen LogP) is 6.75. The largest absolute Gasteiger partial charge is 0.337 e. The van der Waals surface area contributed by atoms with Crippen LogP contribution in [0.25, 0.3) is 0 Å². The third kappa shape index (κ3) is 4.11. The molecule has 0 spiro atoms. The molecule has 0 unspecified atom stereocenters. The average Bonchev–Trinajstić information content (AvgIpc) is 2.61. The van der Waals surface area contributed by atoms with Gasteiger partial charge in [-0.1, -0.05) is 82.6 Å². The molecule has 3 aromatic carbocycles. The van der Waals surface area contributed by atoms with Gasteiger partial charge in [-0.05, 0) is 36.8 Å². The molecule has 0 bridgehead atoms. The van der Waals surface area contributed by atoms with E-state index in [1.807, 2.05) is 18.2 Å². The maximum absolute atomic E-state index is 6.25. The quantitative estimate of drug-likeness (QED) is 0.447. The van der Waals surface area contributed by atoms with Crippen LogP contribution in [0.5, 0.6) is 0 Å². The molecule has 24 heavy (non-hydrogen) atoms. The number of para-hydroxylation sites is 2. The Morgan fingerprint density at radius 3 is 1.83 bits per heavy atom. The maximum Gasteiger partial charge on any atom is 0.117 e. The molecule has 0 N–H and O–H groups in total. The molecule has 0 aromatic heterocycles. The zero-order chi connectivity index (χ0) is 16.9. The first-order chi connectivity index (χ1) is 11.6. The van der Waals surface area contributed by atoms with Gasteiger partial charge < -0.3 is 4.90 Å². The van der Waals surface area contributed by atoms with Gasteiger partial charge in [-0.15, -0.1) is 0 Å². The molecule has 0 atom stereocenters. The highest BCUT2D eigenvalue weighted by Gasteiger charge is 2.15. The van der Waals surface area contributed by atoms with Crippen molar-refractivity contribution in [3.05, 3.63) is 90.0 Å². The first-order valence-corrected chi connectivity index (χ1v) is 10.9. The molecule has 3 aromatic rings. The van der Waals surface area contributed by atoms with Crippen molar-refractivity contribution in [2.24, 2.45) is 0 Å². The normalized spacial score (nSPS) is 10.8. The molecule has 122 valence electrons. The van der Waals surface area contributed by atoms with E-state index in [1.165, 1.54) is 11.1 Å². The monoisotopic (exact) mass is 373 g/mol. The summed E-state index contributed by atoms with van der Waals surface area (Å²) in [6.07, 6.45) is 0. The highest BCUT2D eigenvalue weighted by Crippen LogP contribution is 2.46. The Kier molecular flexibility index (Phi) is 5.79. The highest BCUT2D eigenvalue weighted by molar-refractivity contribution is 8.08. The van der Waals surface area contributed by atoms with Crippen LogP contribution in [-0.2, 0) is 6.54 Å². The SMILES string of the molecule is Cc1ccc(P(Cl)Cl)c(CN(c2ccccc2)c2ccccc2)c1. The van der Waals surface area contributed by atoms with Crippen molar-refractivity contribution in [2.45, 2.75) is 13.5 Å². The molecule has 3 rings (SSSR count). The van der Waals surface area contributed by atoms with Crippen LogP contribution in [0.15, 0.2) is 78.9 Å². The maximum atomic E-state index is 6.25. The van der Waals surface area contributed by atoms with Gasteiger partial charge in [-0.2, -0.15) is 0 Å². The van der Waals surface area contributed by atoms with Gasteiger partial charge in [0.1, 0.15) is 6.63 Å². The fraction of sp³-hybridized carbons (Fsp3) is 0.100. The molecule has 0 fully saturated rings. The lowest BCUT2D eigenvalue weighted by molar-refractivity contribution is 0.980. The van der Waals surface area contributed by atoms with Gasteiger partial charge in [-0.3, -0.25) is 0 Å². The molecule has 0 heterocycles. The fourth-order valence-electron chi connectivity index (χ4n) is 2.72. The Hall–Kier alpha value is -1.53. The molecule has 0 saturated heterocycles. The summed E-state index contributed by atoms with van der Waals surface area (Å²) in [5, 5.41) is 1.02. The minimum Gasteiger partial charge on any atom is -0.337 e. The lowest BCUT2D eigenvalue weighted by Crippen LogP contribution is -2.20. The standard InChI is InChI=1S/C20H18Cl2NP/c1-16-12-13-20(24(21)22)17(14-16)15-23(18-8-4-2-5-9-18)19-10-6-3-7-11-19/h2-14H,15H2,1H3. The Labute approximate surface area is 154 Å². The van der Waals surface area contributed by atoms with Gasteiger partial charge in [0.15, 0.2) is 0 Å². The second-order valence-corrected chi connectivity index (χ2v) is 9.12. The summed E-state index contributed by atoms with van der Waals surface area (Å²) in [5.74, 6) is 0. The van der Waals surface area contributed by atoms with Crippen LogP contribution in [0.4, 0.5) is 11.4 Å². The third-order valence-electron chi connectivity index (χ3n) is 3.88. The van der Waals surface area contributed by atoms with E-state index < -0.39 is 6.63 Å². The second kappa shape index (κ2) is 8.03. The molecule has 4 heteroatoms. The predicted molar refractivity (Wildman–Crippen MR) is 108 cm³/mol. The molecule has 0 amide bonds. The Bertz CT molecular complexity index is 752. The lowest BCUT2D eigenvalue weighted by Gasteiger charge is -2.26. The van der Waals surface area contributed by atoms with Crippen LogP contribution in [0.2, 0.25) is 0 Å². The minimum atomic E-state index is -1.18. The van der Waals surface area contributed by atoms with Crippen LogP contribution in [-0.4, -0.2) is 0 Å². The van der Waals surface area contributed by atoms with Gasteiger partial charge in [0.05, 0.1) is 0 Å². The van der Waals surface area contributed by atoms with Crippen LogP contribution < -0.4 is 10.2 Å². The van der Waals surface area contributed by atoms with E-state index in [-0.39, 0.29) is 0 Å². The zero-order valence-corrected chi connectivity index (χ0v) is 15.8. The van der Waals surface area contributed by atoms with E-state index in [9.17, 15) is 0 Å². The molecule has 1 nitrogen and oxygen atoms in total. The van der Waals surface area contributed by atoms with Crippen molar-refractivity contribution in [1.29, 1.82) is 0 Å². The fourth-order valence-corrected chi connectivity index (χ4v) is 4.25. The molecule has 0 saturated carbocycles. The summed E-state index contributed by atoms with van der Waals surface area (Å²) < 4.78 is 0. The summed E-state index contributed by atoms with van der Waals surface area (Å²) in [4.78, 5) is 2.28. The van der Waals surface area contributed by atoms with Crippen molar-refractivity contribution in [2.75, 3.05) is 4.90 Å². The van der Waals surface area contributed by atoms with E-state index in [0.29, 0.717) is 0 Å². The summed E-state index contributed by atoms with van der Waals surface area (Å²) in [5.41, 5.74) is 4.66. The topological polar surface area (TPSA) is 3.24 Å². The number of hydrogen-bond donors (Lipinski definition) is 0.